The van der Waals surface area contributed by atoms with Crippen molar-refractivity contribution in [2.45, 2.75) is 0 Å². The molecule has 0 unspecified atom stereocenters. The number of benzene rings is 2. The van der Waals surface area contributed by atoms with Gasteiger partial charge in [-0.2, -0.15) is 0 Å². The molecule has 0 aliphatic heterocycles. The highest BCUT2D eigenvalue weighted by atomic mass is 32.1. The molecule has 0 atom stereocenters. The van der Waals surface area contributed by atoms with Gasteiger partial charge in [-0.25, -0.2) is 13.2 Å². The number of methoxy groups -OCH3 is 1. The predicted octanol–water partition coefficient (Wildman–Crippen LogP) is 3.92. The SMILES string of the molecule is COc1cccc(NC(=S)Nc2ccc(F)c(F)c2F)c1. The third-order valence-electron chi connectivity index (χ3n) is 2.61. The first-order valence-electron chi connectivity index (χ1n) is 5.87. The minimum absolute atomic E-state index is 0.0353. The molecule has 0 aliphatic rings. The van der Waals surface area contributed by atoms with Crippen LogP contribution in [0.5, 0.6) is 5.75 Å². The van der Waals surface area contributed by atoms with Crippen LogP contribution >= 0.6 is 12.2 Å². The van der Waals surface area contributed by atoms with E-state index in [0.29, 0.717) is 11.4 Å². The van der Waals surface area contributed by atoms with Gasteiger partial charge in [0.15, 0.2) is 22.6 Å². The molecule has 3 nitrogen and oxygen atoms in total. The molecule has 0 amide bonds. The van der Waals surface area contributed by atoms with E-state index in [1.165, 1.54) is 7.11 Å². The molecular formula is C14H11F3N2OS. The Bertz CT molecular complexity index is 679. The lowest BCUT2D eigenvalue weighted by molar-refractivity contribution is 0.415. The fraction of sp³-hybridized carbons (Fsp3) is 0.0714. The lowest BCUT2D eigenvalue weighted by atomic mass is 10.3. The first-order valence-corrected chi connectivity index (χ1v) is 6.27. The Labute approximate surface area is 124 Å². The van der Waals surface area contributed by atoms with E-state index in [9.17, 15) is 13.2 Å². The van der Waals surface area contributed by atoms with Crippen molar-refractivity contribution < 1.29 is 17.9 Å². The maximum Gasteiger partial charge on any atom is 0.196 e. The molecule has 2 aromatic rings. The van der Waals surface area contributed by atoms with E-state index in [-0.39, 0.29) is 10.8 Å². The van der Waals surface area contributed by atoms with E-state index in [4.69, 9.17) is 17.0 Å². The van der Waals surface area contributed by atoms with Crippen molar-refractivity contribution in [3.8, 4) is 5.75 Å². The van der Waals surface area contributed by atoms with E-state index >= 15 is 0 Å². The summed E-state index contributed by atoms with van der Waals surface area (Å²) in [7, 11) is 1.52. The maximum absolute atomic E-state index is 13.5. The quantitative estimate of drug-likeness (QED) is 0.665. The molecule has 0 fully saturated rings. The summed E-state index contributed by atoms with van der Waals surface area (Å²) in [5.74, 6) is -3.53. The Balaban J connectivity index is 2.10. The van der Waals surface area contributed by atoms with E-state index in [1.807, 2.05) is 0 Å². The van der Waals surface area contributed by atoms with Crippen LogP contribution in [0.4, 0.5) is 24.5 Å². The summed E-state index contributed by atoms with van der Waals surface area (Å²) >= 11 is 4.99. The largest absolute Gasteiger partial charge is 0.497 e. The lowest BCUT2D eigenvalue weighted by Crippen LogP contribution is -2.20. The molecule has 2 N–H and O–H groups in total. The fourth-order valence-corrected chi connectivity index (χ4v) is 1.84. The first kappa shape index (κ1) is 15.1. The van der Waals surface area contributed by atoms with Crippen molar-refractivity contribution in [2.24, 2.45) is 0 Å². The van der Waals surface area contributed by atoms with E-state index in [0.717, 1.165) is 12.1 Å². The van der Waals surface area contributed by atoms with Crippen molar-refractivity contribution in [2.75, 3.05) is 17.7 Å². The van der Waals surface area contributed by atoms with Crippen LogP contribution in [0.1, 0.15) is 0 Å². The third kappa shape index (κ3) is 3.63. The Morgan fingerprint density at radius 3 is 2.52 bits per heavy atom. The molecule has 0 heterocycles. The maximum atomic E-state index is 13.5. The van der Waals surface area contributed by atoms with Gasteiger partial charge >= 0.3 is 0 Å². The van der Waals surface area contributed by atoms with Crippen LogP contribution in [0.2, 0.25) is 0 Å². The monoisotopic (exact) mass is 312 g/mol. The Morgan fingerprint density at radius 1 is 1.05 bits per heavy atom. The number of ether oxygens (including phenoxy) is 1. The lowest BCUT2D eigenvalue weighted by Gasteiger charge is -2.12. The van der Waals surface area contributed by atoms with Crippen LogP contribution in [0.3, 0.4) is 0 Å². The van der Waals surface area contributed by atoms with Crippen LogP contribution in [-0.4, -0.2) is 12.2 Å². The molecule has 0 saturated carbocycles. The van der Waals surface area contributed by atoms with Gasteiger partial charge in [-0.15, -0.1) is 0 Å². The van der Waals surface area contributed by atoms with Gasteiger partial charge in [-0.3, -0.25) is 0 Å². The van der Waals surface area contributed by atoms with Gasteiger partial charge in [0.05, 0.1) is 12.8 Å². The number of nitrogens with one attached hydrogen (secondary N) is 2. The second kappa shape index (κ2) is 6.45. The van der Waals surface area contributed by atoms with Gasteiger partial charge in [0.2, 0.25) is 0 Å². The van der Waals surface area contributed by atoms with Crippen LogP contribution in [0.15, 0.2) is 36.4 Å². The molecule has 2 aromatic carbocycles. The van der Waals surface area contributed by atoms with E-state index in [1.54, 1.807) is 24.3 Å². The molecule has 0 aliphatic carbocycles. The molecule has 21 heavy (non-hydrogen) atoms. The minimum Gasteiger partial charge on any atom is -0.497 e. The number of thiocarbonyl (C=S) groups is 1. The average molecular weight is 312 g/mol. The first-order chi connectivity index (χ1) is 10.0. The summed E-state index contributed by atoms with van der Waals surface area (Å²) in [4.78, 5) is 0. The Morgan fingerprint density at radius 2 is 1.81 bits per heavy atom. The molecule has 0 spiro atoms. The van der Waals surface area contributed by atoms with Crippen molar-refractivity contribution in [3.05, 3.63) is 53.8 Å². The summed E-state index contributed by atoms with van der Waals surface area (Å²) in [6.07, 6.45) is 0. The molecule has 0 bridgehead atoms. The second-order valence-corrected chi connectivity index (χ2v) is 4.44. The van der Waals surface area contributed by atoms with E-state index in [2.05, 4.69) is 10.6 Å². The highest BCUT2D eigenvalue weighted by Gasteiger charge is 2.14. The number of anilines is 2. The molecule has 2 rings (SSSR count). The van der Waals surface area contributed by atoms with Crippen molar-refractivity contribution >= 4 is 28.7 Å². The Hall–Kier alpha value is -2.28. The van der Waals surface area contributed by atoms with Gasteiger partial charge in [-0.05, 0) is 36.5 Å². The standard InChI is InChI=1S/C14H11F3N2OS/c1-20-9-4-2-3-8(7-9)18-14(21)19-11-6-5-10(15)12(16)13(11)17/h2-7H,1H3,(H2,18,19,21). The van der Waals surface area contributed by atoms with Crippen molar-refractivity contribution in [1.82, 2.24) is 0 Å². The van der Waals surface area contributed by atoms with Crippen molar-refractivity contribution in [1.29, 1.82) is 0 Å². The van der Waals surface area contributed by atoms with Crippen LogP contribution in [0, 0.1) is 17.5 Å². The summed E-state index contributed by atoms with van der Waals surface area (Å²) in [5, 5.41) is 5.28. The zero-order valence-electron chi connectivity index (χ0n) is 10.9. The zero-order chi connectivity index (χ0) is 15.4. The van der Waals surface area contributed by atoms with Gasteiger partial charge in [-0.1, -0.05) is 6.07 Å². The third-order valence-corrected chi connectivity index (χ3v) is 2.82. The van der Waals surface area contributed by atoms with Gasteiger partial charge in [0.25, 0.3) is 0 Å². The van der Waals surface area contributed by atoms with Crippen LogP contribution in [-0.2, 0) is 0 Å². The molecule has 110 valence electrons. The summed E-state index contributed by atoms with van der Waals surface area (Å²) in [5.41, 5.74) is 0.351. The zero-order valence-corrected chi connectivity index (χ0v) is 11.7. The molecule has 0 saturated heterocycles. The predicted molar refractivity (Wildman–Crippen MR) is 79.2 cm³/mol. The number of halogens is 3. The Kier molecular flexibility index (Phi) is 4.64. The minimum atomic E-state index is -1.55. The van der Waals surface area contributed by atoms with E-state index < -0.39 is 17.5 Å². The summed E-state index contributed by atoms with van der Waals surface area (Å²) in [6, 6.07) is 8.76. The summed E-state index contributed by atoms with van der Waals surface area (Å²) < 4.78 is 44.5. The van der Waals surface area contributed by atoms with Crippen LogP contribution in [0.25, 0.3) is 0 Å². The average Bonchev–Trinajstić information content (AvgIpc) is 2.48. The molecule has 7 heteroatoms. The van der Waals surface area contributed by atoms with Gasteiger partial charge in [0.1, 0.15) is 5.75 Å². The fourth-order valence-electron chi connectivity index (χ4n) is 1.61. The molecule has 0 radical (unpaired) electrons. The number of hydrogen-bond donors (Lipinski definition) is 2. The number of rotatable bonds is 3. The van der Waals surface area contributed by atoms with Crippen molar-refractivity contribution in [3.63, 3.8) is 0 Å². The molecule has 0 aromatic heterocycles. The highest BCUT2D eigenvalue weighted by Crippen LogP contribution is 2.21. The van der Waals surface area contributed by atoms with Gasteiger partial charge in [0, 0.05) is 11.8 Å². The smallest absolute Gasteiger partial charge is 0.196 e. The highest BCUT2D eigenvalue weighted by molar-refractivity contribution is 7.80. The second-order valence-electron chi connectivity index (χ2n) is 4.03. The van der Waals surface area contributed by atoms with Crippen LogP contribution < -0.4 is 15.4 Å². The topological polar surface area (TPSA) is 33.3 Å². The summed E-state index contributed by atoms with van der Waals surface area (Å²) in [6.45, 7) is 0. The number of hydrogen-bond acceptors (Lipinski definition) is 2. The van der Waals surface area contributed by atoms with Gasteiger partial charge < -0.3 is 15.4 Å². The normalized spacial score (nSPS) is 10.1. The molecular weight excluding hydrogens is 301 g/mol.